The Labute approximate surface area is 125 Å². The molecule has 0 unspecified atom stereocenters. The van der Waals surface area contributed by atoms with Gasteiger partial charge in [-0.3, -0.25) is 4.98 Å². The molecule has 1 aromatic carbocycles. The maximum atomic E-state index is 14.1. The fourth-order valence-electron chi connectivity index (χ4n) is 2.43. The summed E-state index contributed by atoms with van der Waals surface area (Å²) < 4.78 is 27.7. The van der Waals surface area contributed by atoms with E-state index >= 15 is 0 Å². The molecule has 0 spiro atoms. The normalized spacial score (nSPS) is 14.4. The quantitative estimate of drug-likeness (QED) is 0.812. The molecule has 3 rings (SSSR count). The smallest absolute Gasteiger partial charge is 0.149 e. The second kappa shape index (κ2) is 5.00. The highest BCUT2D eigenvalue weighted by molar-refractivity contribution is 6.33. The number of rotatable bonds is 1. The minimum atomic E-state index is -0.733. The van der Waals surface area contributed by atoms with Crippen LogP contribution >= 0.6 is 11.6 Å². The number of fused-ring (bicyclic) bond motifs is 1. The van der Waals surface area contributed by atoms with Gasteiger partial charge >= 0.3 is 0 Å². The van der Waals surface area contributed by atoms with Crippen molar-refractivity contribution in [3.63, 3.8) is 0 Å². The predicted octanol–water partition coefficient (Wildman–Crippen LogP) is 3.89. The van der Waals surface area contributed by atoms with E-state index in [4.69, 9.17) is 11.6 Å². The molecule has 0 aliphatic carbocycles. The van der Waals surface area contributed by atoms with Crippen LogP contribution in [0.4, 0.5) is 14.5 Å². The van der Waals surface area contributed by atoms with Crippen LogP contribution in [-0.4, -0.2) is 23.7 Å². The predicted molar refractivity (Wildman–Crippen MR) is 78.3 cm³/mol. The summed E-state index contributed by atoms with van der Waals surface area (Å²) in [5.74, 6) is -1.60. The Morgan fingerprint density at radius 3 is 2.71 bits per heavy atom. The first-order chi connectivity index (χ1) is 10.0. The summed E-state index contributed by atoms with van der Waals surface area (Å²) in [4.78, 5) is 5.89. The van der Waals surface area contributed by atoms with Crippen LogP contribution in [0.5, 0.6) is 0 Å². The topological polar surface area (TPSA) is 36.4 Å². The second-order valence-electron chi connectivity index (χ2n) is 4.77. The van der Waals surface area contributed by atoms with E-state index in [1.807, 2.05) is 0 Å². The fourth-order valence-corrected chi connectivity index (χ4v) is 2.70. The Morgan fingerprint density at radius 2 is 1.95 bits per heavy atom. The van der Waals surface area contributed by atoms with Gasteiger partial charge in [0.1, 0.15) is 23.1 Å². The number of hydrogen-bond acceptors (Lipinski definition) is 3. The van der Waals surface area contributed by atoms with Gasteiger partial charge in [0.05, 0.1) is 10.7 Å². The summed E-state index contributed by atoms with van der Waals surface area (Å²) in [6, 6.07) is 5.48. The number of benzene rings is 1. The average Bonchev–Trinajstić information content (AvgIpc) is 2.48. The largest absolute Gasteiger partial charge is 0.505 e. The first kappa shape index (κ1) is 13.8. The van der Waals surface area contributed by atoms with Crippen LogP contribution in [-0.2, 0) is 0 Å². The zero-order valence-corrected chi connectivity index (χ0v) is 11.8. The molecule has 1 aliphatic heterocycles. The Kier molecular flexibility index (Phi) is 3.29. The average molecular weight is 309 g/mol. The van der Waals surface area contributed by atoms with E-state index in [1.54, 1.807) is 24.1 Å². The molecule has 0 fully saturated rings. The lowest BCUT2D eigenvalue weighted by Gasteiger charge is -2.29. The maximum absolute atomic E-state index is 14.1. The van der Waals surface area contributed by atoms with Crippen molar-refractivity contribution >= 4 is 28.6 Å². The Balaban J connectivity index is 2.27. The van der Waals surface area contributed by atoms with E-state index < -0.39 is 11.6 Å². The molecular weight excluding hydrogens is 298 g/mol. The highest BCUT2D eigenvalue weighted by Crippen LogP contribution is 2.39. The molecule has 108 valence electrons. The lowest BCUT2D eigenvalue weighted by atomic mass is 9.97. The molecule has 3 nitrogen and oxygen atoms in total. The van der Waals surface area contributed by atoms with Gasteiger partial charge in [0.15, 0.2) is 0 Å². The summed E-state index contributed by atoms with van der Waals surface area (Å²) in [5, 5.41) is 10.0. The Morgan fingerprint density at radius 1 is 1.24 bits per heavy atom. The molecule has 1 N–H and O–H groups in total. The molecule has 2 heterocycles. The van der Waals surface area contributed by atoms with Gasteiger partial charge in [-0.2, -0.15) is 0 Å². The maximum Gasteiger partial charge on any atom is 0.149 e. The van der Waals surface area contributed by atoms with E-state index in [9.17, 15) is 13.9 Å². The van der Waals surface area contributed by atoms with Crippen molar-refractivity contribution in [3.05, 3.63) is 58.4 Å². The fraction of sp³-hybridized carbons (Fsp3) is 0.133. The highest BCUT2D eigenvalue weighted by Gasteiger charge is 2.28. The number of hydrogen-bond donors (Lipinski definition) is 1. The van der Waals surface area contributed by atoms with Gasteiger partial charge in [-0.25, -0.2) is 8.78 Å². The third-order valence-corrected chi connectivity index (χ3v) is 3.82. The van der Waals surface area contributed by atoms with E-state index in [0.29, 0.717) is 11.4 Å². The van der Waals surface area contributed by atoms with Crippen molar-refractivity contribution in [2.24, 2.45) is 0 Å². The monoisotopic (exact) mass is 308 g/mol. The summed E-state index contributed by atoms with van der Waals surface area (Å²) in [7, 11) is 1.78. The molecule has 0 atom stereocenters. The van der Waals surface area contributed by atoms with Gasteiger partial charge < -0.3 is 10.0 Å². The lowest BCUT2D eigenvalue weighted by Crippen LogP contribution is -2.26. The van der Waals surface area contributed by atoms with E-state index in [0.717, 1.165) is 12.1 Å². The van der Waals surface area contributed by atoms with Crippen LogP contribution in [0.2, 0.25) is 5.02 Å². The first-order valence-corrected chi connectivity index (χ1v) is 6.61. The number of aliphatic hydroxyl groups is 1. The summed E-state index contributed by atoms with van der Waals surface area (Å²) >= 11 is 5.87. The van der Waals surface area contributed by atoms with Crippen molar-refractivity contribution in [2.75, 3.05) is 18.5 Å². The number of pyridine rings is 1. The lowest BCUT2D eigenvalue weighted by molar-refractivity contribution is 0.506. The molecule has 6 heteroatoms. The van der Waals surface area contributed by atoms with Crippen LogP contribution in [0.25, 0.3) is 11.3 Å². The Bertz CT molecular complexity index is 761. The van der Waals surface area contributed by atoms with E-state index in [1.165, 1.54) is 6.20 Å². The number of anilines is 1. The van der Waals surface area contributed by atoms with Gasteiger partial charge in [-0.05, 0) is 24.3 Å². The summed E-state index contributed by atoms with van der Waals surface area (Å²) in [6.07, 6.45) is 1.52. The van der Waals surface area contributed by atoms with Crippen molar-refractivity contribution in [2.45, 2.75) is 0 Å². The SMILES string of the molecule is CN1CC(c2c(F)ccc(F)c2Cl)=C(O)c2ncccc21. The van der Waals surface area contributed by atoms with Gasteiger partial charge in [0, 0.05) is 30.9 Å². The second-order valence-corrected chi connectivity index (χ2v) is 5.15. The Hall–Kier alpha value is -2.14. The molecule has 0 radical (unpaired) electrons. The number of nitrogens with zero attached hydrogens (tertiary/aromatic N) is 2. The highest BCUT2D eigenvalue weighted by atomic mass is 35.5. The molecule has 0 amide bonds. The number of likely N-dealkylation sites (N-methyl/N-ethyl adjacent to an activating group) is 1. The molecule has 1 aromatic heterocycles. The third kappa shape index (κ3) is 2.14. The molecule has 1 aliphatic rings. The minimum absolute atomic E-state index is 0.127. The molecule has 21 heavy (non-hydrogen) atoms. The zero-order valence-electron chi connectivity index (χ0n) is 11.1. The van der Waals surface area contributed by atoms with Crippen LogP contribution in [0.1, 0.15) is 11.3 Å². The van der Waals surface area contributed by atoms with Gasteiger partial charge in [0.2, 0.25) is 0 Å². The molecule has 0 bridgehead atoms. The van der Waals surface area contributed by atoms with Crippen LogP contribution in [0.15, 0.2) is 30.5 Å². The van der Waals surface area contributed by atoms with Crippen LogP contribution in [0, 0.1) is 11.6 Å². The van der Waals surface area contributed by atoms with Crippen molar-refractivity contribution in [3.8, 4) is 0 Å². The number of aliphatic hydroxyl groups excluding tert-OH is 1. The molecular formula is C15H11ClF2N2O. The molecule has 0 saturated heterocycles. The van der Waals surface area contributed by atoms with E-state index in [2.05, 4.69) is 4.98 Å². The first-order valence-electron chi connectivity index (χ1n) is 6.23. The van der Waals surface area contributed by atoms with Crippen LogP contribution in [0.3, 0.4) is 0 Å². The van der Waals surface area contributed by atoms with Gasteiger partial charge in [-0.15, -0.1) is 0 Å². The zero-order chi connectivity index (χ0) is 15.1. The molecule has 0 saturated carbocycles. The molecule has 2 aromatic rings. The van der Waals surface area contributed by atoms with Crippen molar-refractivity contribution in [1.29, 1.82) is 0 Å². The number of halogens is 3. The van der Waals surface area contributed by atoms with Crippen LogP contribution < -0.4 is 4.90 Å². The van der Waals surface area contributed by atoms with Crippen molar-refractivity contribution in [1.82, 2.24) is 4.98 Å². The third-order valence-electron chi connectivity index (χ3n) is 3.45. The summed E-state index contributed by atoms with van der Waals surface area (Å²) in [6.45, 7) is 0.199. The minimum Gasteiger partial charge on any atom is -0.505 e. The van der Waals surface area contributed by atoms with Gasteiger partial charge in [0.25, 0.3) is 0 Å². The van der Waals surface area contributed by atoms with Gasteiger partial charge in [-0.1, -0.05) is 11.6 Å². The van der Waals surface area contributed by atoms with Crippen molar-refractivity contribution < 1.29 is 13.9 Å². The number of aromatic nitrogens is 1. The standard InChI is InChI=1S/C15H11ClF2N2O/c1-20-7-8(12-9(17)4-5-10(18)13(12)16)15(21)14-11(20)3-2-6-19-14/h2-6,21H,7H2,1H3. The summed E-state index contributed by atoms with van der Waals surface area (Å²) in [5.41, 5.74) is 1.12. The van der Waals surface area contributed by atoms with E-state index in [-0.39, 0.29) is 28.5 Å².